The zero-order valence-corrected chi connectivity index (χ0v) is 11.4. The fraction of sp³-hybridized carbons (Fsp3) is 0.929. The molecule has 0 aromatic heterocycles. The van der Waals surface area contributed by atoms with Crippen LogP contribution in [0.4, 0.5) is 0 Å². The van der Waals surface area contributed by atoms with Gasteiger partial charge in [0.05, 0.1) is 0 Å². The zero-order chi connectivity index (χ0) is 12.7. The molecule has 0 aromatic carbocycles. The molecule has 1 fully saturated rings. The quantitative estimate of drug-likeness (QED) is 0.749. The molecule has 1 saturated carbocycles. The lowest BCUT2D eigenvalue weighted by Crippen LogP contribution is -2.29. The smallest absolute Gasteiger partial charge is 0.220 e. The predicted molar refractivity (Wildman–Crippen MR) is 71.6 cm³/mol. The molecule has 3 heteroatoms. The van der Waals surface area contributed by atoms with E-state index in [2.05, 4.69) is 19.2 Å². The predicted octanol–water partition coefficient (Wildman–Crippen LogP) is 2.45. The van der Waals surface area contributed by atoms with Gasteiger partial charge in [0, 0.05) is 19.0 Å². The molecule has 1 rings (SSSR count). The standard InChI is InChI=1S/C14H28N2O/c1-11(2)8-9-16-14(17)7-6-12-4-3-5-13(15)10-12/h11-13H,3-10,15H2,1-2H3,(H,16,17). The van der Waals surface area contributed by atoms with Crippen molar-refractivity contribution in [2.24, 2.45) is 17.6 Å². The van der Waals surface area contributed by atoms with Crippen molar-refractivity contribution in [3.05, 3.63) is 0 Å². The SMILES string of the molecule is CC(C)CCNC(=O)CCC1CCCC(N)C1. The molecular formula is C14H28N2O. The summed E-state index contributed by atoms with van der Waals surface area (Å²) in [7, 11) is 0. The largest absolute Gasteiger partial charge is 0.356 e. The summed E-state index contributed by atoms with van der Waals surface area (Å²) in [5.74, 6) is 1.55. The van der Waals surface area contributed by atoms with Crippen LogP contribution in [0.1, 0.15) is 58.8 Å². The van der Waals surface area contributed by atoms with Crippen molar-refractivity contribution >= 4 is 5.91 Å². The van der Waals surface area contributed by atoms with Gasteiger partial charge in [-0.05, 0) is 37.5 Å². The molecule has 1 amide bonds. The summed E-state index contributed by atoms with van der Waals surface area (Å²) < 4.78 is 0. The van der Waals surface area contributed by atoms with E-state index in [0.29, 0.717) is 24.3 Å². The van der Waals surface area contributed by atoms with Gasteiger partial charge in [0.2, 0.25) is 5.91 Å². The summed E-state index contributed by atoms with van der Waals surface area (Å²) in [4.78, 5) is 11.6. The van der Waals surface area contributed by atoms with E-state index in [1.54, 1.807) is 0 Å². The van der Waals surface area contributed by atoms with Crippen LogP contribution in [-0.2, 0) is 4.79 Å². The zero-order valence-electron chi connectivity index (χ0n) is 11.4. The second-order valence-electron chi connectivity index (χ2n) is 5.86. The molecule has 17 heavy (non-hydrogen) atoms. The fourth-order valence-electron chi connectivity index (χ4n) is 2.52. The lowest BCUT2D eigenvalue weighted by Gasteiger charge is -2.26. The number of nitrogens with two attached hydrogens (primary N) is 1. The van der Waals surface area contributed by atoms with Gasteiger partial charge in [0.25, 0.3) is 0 Å². The molecule has 0 spiro atoms. The van der Waals surface area contributed by atoms with Gasteiger partial charge < -0.3 is 11.1 Å². The van der Waals surface area contributed by atoms with Gasteiger partial charge in [-0.3, -0.25) is 4.79 Å². The Labute approximate surface area is 106 Å². The normalized spacial score (nSPS) is 24.9. The van der Waals surface area contributed by atoms with Crippen molar-refractivity contribution in [1.82, 2.24) is 5.32 Å². The maximum absolute atomic E-state index is 11.6. The fourth-order valence-corrected chi connectivity index (χ4v) is 2.52. The topological polar surface area (TPSA) is 55.1 Å². The molecule has 100 valence electrons. The minimum Gasteiger partial charge on any atom is -0.356 e. The number of nitrogens with one attached hydrogen (secondary N) is 1. The first-order valence-electron chi connectivity index (χ1n) is 7.10. The lowest BCUT2D eigenvalue weighted by molar-refractivity contribution is -0.121. The van der Waals surface area contributed by atoms with E-state index in [1.165, 1.54) is 12.8 Å². The van der Waals surface area contributed by atoms with E-state index < -0.39 is 0 Å². The number of rotatable bonds is 6. The van der Waals surface area contributed by atoms with Crippen LogP contribution >= 0.6 is 0 Å². The van der Waals surface area contributed by atoms with Crippen molar-refractivity contribution in [3.63, 3.8) is 0 Å². The highest BCUT2D eigenvalue weighted by molar-refractivity contribution is 5.75. The van der Waals surface area contributed by atoms with Crippen molar-refractivity contribution in [3.8, 4) is 0 Å². The summed E-state index contributed by atoms with van der Waals surface area (Å²) >= 11 is 0. The highest BCUT2D eigenvalue weighted by Gasteiger charge is 2.19. The molecule has 1 aliphatic rings. The van der Waals surface area contributed by atoms with Gasteiger partial charge in [-0.1, -0.05) is 26.7 Å². The average molecular weight is 240 g/mol. The molecular weight excluding hydrogens is 212 g/mol. The van der Waals surface area contributed by atoms with Crippen LogP contribution in [0, 0.1) is 11.8 Å². The second kappa shape index (κ2) is 7.70. The molecule has 2 atom stereocenters. The first-order valence-corrected chi connectivity index (χ1v) is 7.10. The van der Waals surface area contributed by atoms with E-state index in [9.17, 15) is 4.79 Å². The van der Waals surface area contributed by atoms with Crippen molar-refractivity contribution in [2.45, 2.75) is 64.8 Å². The highest BCUT2D eigenvalue weighted by Crippen LogP contribution is 2.26. The van der Waals surface area contributed by atoms with E-state index >= 15 is 0 Å². The van der Waals surface area contributed by atoms with Crippen molar-refractivity contribution in [1.29, 1.82) is 0 Å². The first kappa shape index (κ1) is 14.5. The highest BCUT2D eigenvalue weighted by atomic mass is 16.1. The van der Waals surface area contributed by atoms with Crippen LogP contribution in [0.3, 0.4) is 0 Å². The third-order valence-electron chi connectivity index (χ3n) is 3.65. The van der Waals surface area contributed by atoms with Crippen molar-refractivity contribution < 1.29 is 4.79 Å². The Hall–Kier alpha value is -0.570. The molecule has 0 radical (unpaired) electrons. The third kappa shape index (κ3) is 6.67. The Morgan fingerprint density at radius 2 is 2.18 bits per heavy atom. The van der Waals surface area contributed by atoms with Gasteiger partial charge in [0.1, 0.15) is 0 Å². The van der Waals surface area contributed by atoms with Crippen molar-refractivity contribution in [2.75, 3.05) is 6.54 Å². The van der Waals surface area contributed by atoms with Gasteiger partial charge in [-0.2, -0.15) is 0 Å². The number of carbonyl (C=O) groups is 1. The Bertz CT molecular complexity index is 228. The monoisotopic (exact) mass is 240 g/mol. The Morgan fingerprint density at radius 1 is 1.41 bits per heavy atom. The molecule has 0 heterocycles. The molecule has 0 aliphatic heterocycles. The lowest BCUT2D eigenvalue weighted by atomic mass is 9.83. The van der Waals surface area contributed by atoms with Crippen LogP contribution in [0.15, 0.2) is 0 Å². The van der Waals surface area contributed by atoms with E-state index in [1.807, 2.05) is 0 Å². The Kier molecular flexibility index (Phi) is 6.56. The second-order valence-corrected chi connectivity index (χ2v) is 5.86. The van der Waals surface area contributed by atoms with E-state index in [0.717, 1.165) is 32.2 Å². The maximum atomic E-state index is 11.6. The summed E-state index contributed by atoms with van der Waals surface area (Å²) in [5.41, 5.74) is 5.94. The summed E-state index contributed by atoms with van der Waals surface area (Å²) in [6.07, 6.45) is 7.53. The molecule has 3 nitrogen and oxygen atoms in total. The minimum absolute atomic E-state index is 0.213. The van der Waals surface area contributed by atoms with Crippen LogP contribution in [0.2, 0.25) is 0 Å². The first-order chi connectivity index (χ1) is 8.08. The molecule has 3 N–H and O–H groups in total. The summed E-state index contributed by atoms with van der Waals surface area (Å²) in [6.45, 7) is 5.17. The number of hydrogen-bond acceptors (Lipinski definition) is 2. The number of carbonyl (C=O) groups excluding carboxylic acids is 1. The number of hydrogen-bond donors (Lipinski definition) is 2. The van der Waals surface area contributed by atoms with Crippen LogP contribution in [-0.4, -0.2) is 18.5 Å². The van der Waals surface area contributed by atoms with Gasteiger partial charge >= 0.3 is 0 Å². The molecule has 2 unspecified atom stereocenters. The molecule has 0 saturated heterocycles. The average Bonchev–Trinajstić information content (AvgIpc) is 2.26. The van der Waals surface area contributed by atoms with Gasteiger partial charge in [-0.25, -0.2) is 0 Å². The molecule has 0 bridgehead atoms. The third-order valence-corrected chi connectivity index (χ3v) is 3.65. The maximum Gasteiger partial charge on any atom is 0.220 e. The van der Waals surface area contributed by atoms with Crippen LogP contribution in [0.25, 0.3) is 0 Å². The summed E-state index contributed by atoms with van der Waals surface area (Å²) in [5, 5.41) is 2.99. The number of amides is 1. The Balaban J connectivity index is 2.06. The Morgan fingerprint density at radius 3 is 2.82 bits per heavy atom. The molecule has 1 aliphatic carbocycles. The van der Waals surface area contributed by atoms with E-state index in [4.69, 9.17) is 5.73 Å². The minimum atomic E-state index is 0.213. The van der Waals surface area contributed by atoms with Crippen LogP contribution < -0.4 is 11.1 Å². The van der Waals surface area contributed by atoms with Crippen LogP contribution in [0.5, 0.6) is 0 Å². The molecule has 0 aromatic rings. The van der Waals surface area contributed by atoms with Gasteiger partial charge in [-0.15, -0.1) is 0 Å². The summed E-state index contributed by atoms with van der Waals surface area (Å²) in [6, 6.07) is 0.373. The van der Waals surface area contributed by atoms with Gasteiger partial charge in [0.15, 0.2) is 0 Å². The van der Waals surface area contributed by atoms with E-state index in [-0.39, 0.29) is 5.91 Å².